The zero-order valence-corrected chi connectivity index (χ0v) is 11.5. The minimum absolute atomic E-state index is 0.199. The van der Waals surface area contributed by atoms with Crippen molar-refractivity contribution in [3.8, 4) is 5.75 Å². The third-order valence-corrected chi connectivity index (χ3v) is 3.55. The topological polar surface area (TPSA) is 58.6 Å². The summed E-state index contributed by atoms with van der Waals surface area (Å²) in [4.78, 5) is 12.0. The van der Waals surface area contributed by atoms with Crippen LogP contribution >= 0.6 is 0 Å². The van der Waals surface area contributed by atoms with Gasteiger partial charge in [-0.25, -0.2) is 4.39 Å². The summed E-state index contributed by atoms with van der Waals surface area (Å²) in [6, 6.07) is 5.33. The first-order chi connectivity index (χ1) is 9.56. The third kappa shape index (κ3) is 3.93. The molecule has 1 fully saturated rings. The van der Waals surface area contributed by atoms with Crippen LogP contribution in [0.1, 0.15) is 32.6 Å². The number of amides is 1. The van der Waals surface area contributed by atoms with Gasteiger partial charge in [0.1, 0.15) is 11.6 Å². The van der Waals surface area contributed by atoms with Gasteiger partial charge in [0.05, 0.1) is 12.1 Å². The second-order valence-electron chi connectivity index (χ2n) is 5.18. The Morgan fingerprint density at radius 3 is 2.65 bits per heavy atom. The molecule has 0 aromatic heterocycles. The average Bonchev–Trinajstić information content (AvgIpc) is 2.44. The third-order valence-electron chi connectivity index (χ3n) is 3.55. The lowest BCUT2D eigenvalue weighted by Gasteiger charge is -2.29. The zero-order chi connectivity index (χ0) is 14.5. The maximum Gasteiger partial charge on any atom is 0.261 e. The van der Waals surface area contributed by atoms with Gasteiger partial charge in [0, 0.05) is 0 Å². The van der Waals surface area contributed by atoms with Crippen LogP contribution in [0.3, 0.4) is 0 Å². The smallest absolute Gasteiger partial charge is 0.261 e. The van der Waals surface area contributed by atoms with Crippen LogP contribution in [0.15, 0.2) is 24.3 Å². The van der Waals surface area contributed by atoms with E-state index in [-0.39, 0.29) is 17.8 Å². The molecule has 3 unspecified atom stereocenters. The molecule has 0 spiro atoms. The summed E-state index contributed by atoms with van der Waals surface area (Å²) in [5, 5.41) is 12.6. The van der Waals surface area contributed by atoms with Crippen LogP contribution in [0, 0.1) is 5.82 Å². The molecule has 2 N–H and O–H groups in total. The molecule has 1 saturated carbocycles. The van der Waals surface area contributed by atoms with Crippen LogP contribution in [0.2, 0.25) is 0 Å². The maximum atomic E-state index is 12.8. The van der Waals surface area contributed by atoms with Crippen molar-refractivity contribution >= 4 is 5.91 Å². The van der Waals surface area contributed by atoms with Crippen molar-refractivity contribution in [2.45, 2.75) is 50.9 Å². The molecule has 20 heavy (non-hydrogen) atoms. The van der Waals surface area contributed by atoms with E-state index in [0.29, 0.717) is 5.75 Å². The van der Waals surface area contributed by atoms with E-state index in [4.69, 9.17) is 4.74 Å². The number of carbonyl (C=O) groups excluding carboxylic acids is 1. The average molecular weight is 281 g/mol. The normalized spacial score (nSPS) is 23.9. The highest BCUT2D eigenvalue weighted by Crippen LogP contribution is 2.19. The van der Waals surface area contributed by atoms with E-state index in [1.165, 1.54) is 24.3 Å². The van der Waals surface area contributed by atoms with E-state index in [1.54, 1.807) is 6.92 Å². The van der Waals surface area contributed by atoms with E-state index in [9.17, 15) is 14.3 Å². The molecular weight excluding hydrogens is 261 g/mol. The number of hydrogen-bond acceptors (Lipinski definition) is 3. The number of aliphatic hydroxyl groups is 1. The molecule has 1 aliphatic carbocycles. The summed E-state index contributed by atoms with van der Waals surface area (Å²) >= 11 is 0. The summed E-state index contributed by atoms with van der Waals surface area (Å²) in [5.74, 6) is -0.168. The van der Waals surface area contributed by atoms with Gasteiger partial charge in [0.15, 0.2) is 6.10 Å². The van der Waals surface area contributed by atoms with Gasteiger partial charge in [-0.2, -0.15) is 0 Å². The van der Waals surface area contributed by atoms with Gasteiger partial charge in [-0.1, -0.05) is 12.8 Å². The molecule has 1 amide bonds. The van der Waals surface area contributed by atoms with Crippen LogP contribution in [-0.4, -0.2) is 29.3 Å². The van der Waals surface area contributed by atoms with Gasteiger partial charge in [0.25, 0.3) is 5.91 Å². The number of ether oxygens (including phenoxy) is 1. The largest absolute Gasteiger partial charge is 0.481 e. The fourth-order valence-corrected chi connectivity index (χ4v) is 2.35. The Kier molecular flexibility index (Phi) is 4.95. The molecule has 0 heterocycles. The summed E-state index contributed by atoms with van der Waals surface area (Å²) < 4.78 is 18.2. The van der Waals surface area contributed by atoms with Crippen molar-refractivity contribution in [2.24, 2.45) is 0 Å². The molecule has 4 nitrogen and oxygen atoms in total. The zero-order valence-electron chi connectivity index (χ0n) is 11.5. The van der Waals surface area contributed by atoms with Crippen LogP contribution in [0.4, 0.5) is 4.39 Å². The van der Waals surface area contributed by atoms with Crippen molar-refractivity contribution in [1.29, 1.82) is 0 Å². The standard InChI is InChI=1S/C15H20FNO3/c1-10(20-12-8-6-11(16)7-9-12)15(19)17-13-4-2-3-5-14(13)18/h6-10,13-14,18H,2-5H2,1H3,(H,17,19). The molecule has 110 valence electrons. The van der Waals surface area contributed by atoms with Crippen molar-refractivity contribution in [1.82, 2.24) is 5.32 Å². The van der Waals surface area contributed by atoms with E-state index in [2.05, 4.69) is 5.32 Å². The molecular formula is C15H20FNO3. The van der Waals surface area contributed by atoms with Crippen molar-refractivity contribution in [3.63, 3.8) is 0 Å². The Bertz CT molecular complexity index is 449. The molecule has 5 heteroatoms. The highest BCUT2D eigenvalue weighted by molar-refractivity contribution is 5.81. The minimum Gasteiger partial charge on any atom is -0.481 e. The van der Waals surface area contributed by atoms with Gasteiger partial charge in [-0.3, -0.25) is 4.79 Å². The fraction of sp³-hybridized carbons (Fsp3) is 0.533. The van der Waals surface area contributed by atoms with Gasteiger partial charge in [0.2, 0.25) is 0 Å². The molecule has 1 aromatic carbocycles. The molecule has 1 aliphatic rings. The lowest BCUT2D eigenvalue weighted by Crippen LogP contribution is -2.49. The molecule has 3 atom stereocenters. The predicted molar refractivity (Wildman–Crippen MR) is 72.9 cm³/mol. The number of nitrogens with one attached hydrogen (secondary N) is 1. The highest BCUT2D eigenvalue weighted by Gasteiger charge is 2.26. The Hall–Kier alpha value is -1.62. The second-order valence-corrected chi connectivity index (χ2v) is 5.18. The molecule has 0 saturated heterocycles. The Labute approximate surface area is 117 Å². The maximum absolute atomic E-state index is 12.8. The van der Waals surface area contributed by atoms with Crippen LogP contribution in [-0.2, 0) is 4.79 Å². The summed E-state index contributed by atoms with van der Waals surface area (Å²) in [5.41, 5.74) is 0. The summed E-state index contributed by atoms with van der Waals surface area (Å²) in [6.07, 6.45) is 2.35. The first-order valence-corrected chi connectivity index (χ1v) is 6.97. The van der Waals surface area contributed by atoms with Crippen LogP contribution in [0.5, 0.6) is 5.75 Å². The fourth-order valence-electron chi connectivity index (χ4n) is 2.35. The molecule has 0 aliphatic heterocycles. The first kappa shape index (κ1) is 14.8. The lowest BCUT2D eigenvalue weighted by molar-refractivity contribution is -0.129. The molecule has 0 bridgehead atoms. The minimum atomic E-state index is -0.686. The number of benzene rings is 1. The lowest BCUT2D eigenvalue weighted by atomic mass is 9.92. The van der Waals surface area contributed by atoms with Gasteiger partial charge < -0.3 is 15.2 Å². The SMILES string of the molecule is CC(Oc1ccc(F)cc1)C(=O)NC1CCCCC1O. The number of rotatable bonds is 4. The number of carbonyl (C=O) groups is 1. The van der Waals surface area contributed by atoms with E-state index in [1.807, 2.05) is 0 Å². The number of aliphatic hydroxyl groups excluding tert-OH is 1. The van der Waals surface area contributed by atoms with E-state index < -0.39 is 12.2 Å². The Balaban J connectivity index is 1.86. The summed E-state index contributed by atoms with van der Waals surface area (Å²) in [7, 11) is 0. The van der Waals surface area contributed by atoms with Crippen LogP contribution < -0.4 is 10.1 Å². The highest BCUT2D eigenvalue weighted by atomic mass is 19.1. The predicted octanol–water partition coefficient (Wildman–Crippen LogP) is 2.01. The van der Waals surface area contributed by atoms with Crippen molar-refractivity contribution in [2.75, 3.05) is 0 Å². The Morgan fingerprint density at radius 1 is 1.35 bits per heavy atom. The first-order valence-electron chi connectivity index (χ1n) is 6.97. The van der Waals surface area contributed by atoms with E-state index in [0.717, 1.165) is 25.7 Å². The van der Waals surface area contributed by atoms with E-state index >= 15 is 0 Å². The van der Waals surface area contributed by atoms with Crippen molar-refractivity contribution < 1.29 is 19.0 Å². The Morgan fingerprint density at radius 2 is 2.00 bits per heavy atom. The summed E-state index contributed by atoms with van der Waals surface area (Å²) in [6.45, 7) is 1.63. The second kappa shape index (κ2) is 6.70. The molecule has 1 aromatic rings. The monoisotopic (exact) mass is 281 g/mol. The van der Waals surface area contributed by atoms with Gasteiger partial charge >= 0.3 is 0 Å². The molecule has 0 radical (unpaired) electrons. The van der Waals surface area contributed by atoms with Crippen LogP contribution in [0.25, 0.3) is 0 Å². The quantitative estimate of drug-likeness (QED) is 0.887. The molecule has 2 rings (SSSR count). The number of halogens is 1. The van der Waals surface area contributed by atoms with Gasteiger partial charge in [-0.15, -0.1) is 0 Å². The van der Waals surface area contributed by atoms with Crippen molar-refractivity contribution in [3.05, 3.63) is 30.1 Å². The van der Waals surface area contributed by atoms with Gasteiger partial charge in [-0.05, 0) is 44.0 Å². The number of hydrogen-bond donors (Lipinski definition) is 2.